The molecule has 1 aliphatic heterocycles. The third kappa shape index (κ3) is 2.71. The highest BCUT2D eigenvalue weighted by atomic mass is 16.5. The number of H-pyrrole nitrogens is 1. The van der Waals surface area contributed by atoms with Gasteiger partial charge in [-0.3, -0.25) is 14.3 Å². The fraction of sp³-hybridized carbons (Fsp3) is 0.571. The molecule has 0 bridgehead atoms. The summed E-state index contributed by atoms with van der Waals surface area (Å²) >= 11 is 0. The van der Waals surface area contributed by atoms with Crippen LogP contribution in [0.5, 0.6) is 0 Å². The first kappa shape index (κ1) is 13.8. The van der Waals surface area contributed by atoms with E-state index in [0.717, 1.165) is 19.3 Å². The van der Waals surface area contributed by atoms with Gasteiger partial charge in [-0.05, 0) is 32.1 Å². The fourth-order valence-corrected chi connectivity index (χ4v) is 2.65. The molecule has 1 aromatic rings. The number of nitrogens with one attached hydrogen (secondary N) is 1. The van der Waals surface area contributed by atoms with Gasteiger partial charge in [0.25, 0.3) is 5.56 Å². The molecule has 0 amide bonds. The summed E-state index contributed by atoms with van der Waals surface area (Å²) in [5, 5.41) is 0. The molecule has 1 fully saturated rings. The molecule has 0 aromatic carbocycles. The van der Waals surface area contributed by atoms with E-state index >= 15 is 0 Å². The van der Waals surface area contributed by atoms with Gasteiger partial charge >= 0.3 is 5.69 Å². The molecule has 5 nitrogen and oxygen atoms in total. The molecule has 5 heteroatoms. The Balaban J connectivity index is 2.29. The summed E-state index contributed by atoms with van der Waals surface area (Å²) in [6.07, 6.45) is 5.88. The molecular formula is C14H20N2O3. The van der Waals surface area contributed by atoms with Gasteiger partial charge in [-0.1, -0.05) is 13.0 Å². The Labute approximate surface area is 111 Å². The van der Waals surface area contributed by atoms with E-state index in [-0.39, 0.29) is 17.9 Å². The highest BCUT2D eigenvalue weighted by Crippen LogP contribution is 2.36. The highest BCUT2D eigenvalue weighted by molar-refractivity contribution is 5.02. The number of rotatable bonds is 4. The lowest BCUT2D eigenvalue weighted by molar-refractivity contribution is -0.00861. The number of hydrogen-bond acceptors (Lipinski definition) is 3. The van der Waals surface area contributed by atoms with Crippen molar-refractivity contribution in [1.29, 1.82) is 0 Å². The maximum atomic E-state index is 11.8. The van der Waals surface area contributed by atoms with Gasteiger partial charge in [-0.25, -0.2) is 4.79 Å². The molecule has 0 radical (unpaired) electrons. The van der Waals surface area contributed by atoms with E-state index < -0.39 is 5.69 Å². The third-order valence-corrected chi connectivity index (χ3v) is 3.69. The molecule has 1 saturated heterocycles. The van der Waals surface area contributed by atoms with Crippen LogP contribution >= 0.6 is 0 Å². The smallest absolute Gasteiger partial charge is 0.330 e. The predicted molar refractivity (Wildman–Crippen MR) is 73.2 cm³/mol. The number of allylic oxidation sites excluding steroid dienone is 1. The Hall–Kier alpha value is -1.62. The molecule has 2 heterocycles. The lowest BCUT2D eigenvalue weighted by Gasteiger charge is -2.15. The van der Waals surface area contributed by atoms with Crippen LogP contribution in [0.3, 0.4) is 0 Å². The molecule has 1 aliphatic rings. The Kier molecular flexibility index (Phi) is 4.04. The number of aromatic amines is 1. The Morgan fingerprint density at radius 3 is 2.95 bits per heavy atom. The topological polar surface area (TPSA) is 64.1 Å². The minimum atomic E-state index is -0.408. The second-order valence-electron chi connectivity index (χ2n) is 5.04. The van der Waals surface area contributed by atoms with Crippen LogP contribution in [0.1, 0.15) is 38.0 Å². The quantitative estimate of drug-likeness (QED) is 0.842. The van der Waals surface area contributed by atoms with Gasteiger partial charge in [0.15, 0.2) is 0 Å². The molecule has 0 aliphatic carbocycles. The molecule has 3 atom stereocenters. The van der Waals surface area contributed by atoms with E-state index in [2.05, 4.69) is 18.5 Å². The van der Waals surface area contributed by atoms with Crippen molar-refractivity contribution in [3.05, 3.63) is 45.3 Å². The molecule has 0 unspecified atom stereocenters. The van der Waals surface area contributed by atoms with Gasteiger partial charge in [0, 0.05) is 11.8 Å². The summed E-state index contributed by atoms with van der Waals surface area (Å²) in [4.78, 5) is 25.5. The van der Waals surface area contributed by atoms with E-state index in [4.69, 9.17) is 4.74 Å². The van der Waals surface area contributed by atoms with Crippen molar-refractivity contribution in [2.24, 2.45) is 5.92 Å². The first-order chi connectivity index (χ1) is 9.06. The minimum absolute atomic E-state index is 0.141. The summed E-state index contributed by atoms with van der Waals surface area (Å²) in [5.74, 6) is 0.381. The van der Waals surface area contributed by atoms with Gasteiger partial charge in [-0.2, -0.15) is 0 Å². The maximum Gasteiger partial charge on any atom is 0.330 e. The van der Waals surface area contributed by atoms with Crippen molar-refractivity contribution in [1.82, 2.24) is 9.55 Å². The lowest BCUT2D eigenvalue weighted by atomic mass is 9.95. The van der Waals surface area contributed by atoms with Crippen LogP contribution in [-0.4, -0.2) is 15.7 Å². The number of nitrogens with zero attached hydrogens (tertiary/aromatic N) is 1. The summed E-state index contributed by atoms with van der Waals surface area (Å²) in [6.45, 7) is 7.52. The van der Waals surface area contributed by atoms with Crippen LogP contribution in [0.4, 0.5) is 0 Å². The average molecular weight is 264 g/mol. The van der Waals surface area contributed by atoms with Crippen LogP contribution in [0.15, 0.2) is 28.4 Å². The standard InChI is InChI=1S/C14H20N2O3/c1-4-6-10-7-12(19-11(10)5-2)16-8-9(3)13(17)15-14(16)18/h4,8,10-12H,1,5-7H2,2-3H3,(H,15,17,18)/t10-,11+,12+/m0/s1. The predicted octanol–water partition coefficient (Wildman–Crippen LogP) is 1.73. The van der Waals surface area contributed by atoms with Crippen molar-refractivity contribution in [3.8, 4) is 0 Å². The molecule has 1 N–H and O–H groups in total. The summed E-state index contributed by atoms with van der Waals surface area (Å²) in [5.41, 5.74) is -0.230. The number of ether oxygens (including phenoxy) is 1. The van der Waals surface area contributed by atoms with Gasteiger partial charge < -0.3 is 4.74 Å². The number of aryl methyl sites for hydroxylation is 1. The average Bonchev–Trinajstić information content (AvgIpc) is 2.77. The second-order valence-corrected chi connectivity index (χ2v) is 5.04. The van der Waals surface area contributed by atoms with E-state index in [1.54, 1.807) is 13.1 Å². The fourth-order valence-electron chi connectivity index (χ4n) is 2.65. The Morgan fingerprint density at radius 1 is 1.58 bits per heavy atom. The van der Waals surface area contributed by atoms with Crippen molar-refractivity contribution < 1.29 is 4.74 Å². The van der Waals surface area contributed by atoms with Crippen LogP contribution in [0.25, 0.3) is 0 Å². The van der Waals surface area contributed by atoms with E-state index in [0.29, 0.717) is 11.5 Å². The van der Waals surface area contributed by atoms with Crippen LogP contribution in [-0.2, 0) is 4.74 Å². The van der Waals surface area contributed by atoms with Gasteiger partial charge in [0.05, 0.1) is 6.10 Å². The van der Waals surface area contributed by atoms with Gasteiger partial charge in [-0.15, -0.1) is 6.58 Å². The zero-order valence-corrected chi connectivity index (χ0v) is 11.4. The highest BCUT2D eigenvalue weighted by Gasteiger charge is 2.34. The maximum absolute atomic E-state index is 11.8. The second kappa shape index (κ2) is 5.57. The van der Waals surface area contributed by atoms with E-state index in [1.165, 1.54) is 4.57 Å². The van der Waals surface area contributed by atoms with Crippen LogP contribution in [0.2, 0.25) is 0 Å². The lowest BCUT2D eigenvalue weighted by Crippen LogP contribution is -2.33. The van der Waals surface area contributed by atoms with Crippen molar-refractivity contribution in [3.63, 3.8) is 0 Å². The molecule has 19 heavy (non-hydrogen) atoms. The van der Waals surface area contributed by atoms with Crippen molar-refractivity contribution >= 4 is 0 Å². The molecular weight excluding hydrogens is 244 g/mol. The third-order valence-electron chi connectivity index (χ3n) is 3.69. The molecule has 0 spiro atoms. The Bertz CT molecular complexity index is 573. The minimum Gasteiger partial charge on any atom is -0.354 e. The van der Waals surface area contributed by atoms with Crippen LogP contribution < -0.4 is 11.2 Å². The van der Waals surface area contributed by atoms with Gasteiger partial charge in [0.2, 0.25) is 0 Å². The van der Waals surface area contributed by atoms with Crippen molar-refractivity contribution in [2.45, 2.75) is 45.4 Å². The zero-order chi connectivity index (χ0) is 14.0. The largest absolute Gasteiger partial charge is 0.354 e. The molecule has 2 rings (SSSR count). The summed E-state index contributed by atoms with van der Waals surface area (Å²) in [7, 11) is 0. The number of aromatic nitrogens is 2. The summed E-state index contributed by atoms with van der Waals surface area (Å²) < 4.78 is 7.42. The number of hydrogen-bond donors (Lipinski definition) is 1. The Morgan fingerprint density at radius 2 is 2.32 bits per heavy atom. The zero-order valence-electron chi connectivity index (χ0n) is 11.4. The molecule has 0 saturated carbocycles. The first-order valence-electron chi connectivity index (χ1n) is 6.65. The normalized spacial score (nSPS) is 26.5. The van der Waals surface area contributed by atoms with E-state index in [1.807, 2.05) is 6.08 Å². The van der Waals surface area contributed by atoms with Crippen molar-refractivity contribution in [2.75, 3.05) is 0 Å². The van der Waals surface area contributed by atoms with E-state index in [9.17, 15) is 9.59 Å². The molecule has 1 aromatic heterocycles. The summed E-state index contributed by atoms with van der Waals surface area (Å²) in [6, 6.07) is 0. The van der Waals surface area contributed by atoms with Crippen LogP contribution in [0, 0.1) is 12.8 Å². The SMILES string of the molecule is C=CC[C@H]1C[C@H](n2cc(C)c(=O)[nH]c2=O)O[C@@H]1CC. The molecule has 104 valence electrons. The van der Waals surface area contributed by atoms with Gasteiger partial charge in [0.1, 0.15) is 6.23 Å². The first-order valence-corrected chi connectivity index (χ1v) is 6.65. The monoisotopic (exact) mass is 264 g/mol.